The van der Waals surface area contributed by atoms with Gasteiger partial charge in [-0.25, -0.2) is 0 Å². The molecule has 0 atom stereocenters. The van der Waals surface area contributed by atoms with E-state index in [1.807, 2.05) is 38.1 Å². The van der Waals surface area contributed by atoms with Crippen molar-refractivity contribution in [3.63, 3.8) is 0 Å². The first-order valence-electron chi connectivity index (χ1n) is 11.1. The highest BCUT2D eigenvalue weighted by Crippen LogP contribution is 2.28. The number of carbonyl (C=O) groups is 1. The van der Waals surface area contributed by atoms with Crippen LogP contribution in [-0.4, -0.2) is 42.8 Å². The van der Waals surface area contributed by atoms with Gasteiger partial charge in [-0.15, -0.1) is 0 Å². The van der Waals surface area contributed by atoms with Crippen LogP contribution in [0.1, 0.15) is 39.2 Å². The minimum Gasteiger partial charge on any atom is -0.481 e. The number of ether oxygens (including phenoxy) is 1. The third-order valence-corrected chi connectivity index (χ3v) is 5.08. The molecule has 1 saturated heterocycles. The Morgan fingerprint density at radius 3 is 2.35 bits per heavy atom. The number of benzene rings is 2. The van der Waals surface area contributed by atoms with Crippen LogP contribution in [0.25, 0.3) is 22.3 Å². The fourth-order valence-electron chi connectivity index (χ4n) is 3.30. The molecule has 2 aromatic carbocycles. The lowest BCUT2D eigenvalue weighted by atomic mass is 9.99. The van der Waals surface area contributed by atoms with E-state index in [0.717, 1.165) is 35.4 Å². The second-order valence-electron chi connectivity index (χ2n) is 7.42. The van der Waals surface area contributed by atoms with Gasteiger partial charge in [0.1, 0.15) is 11.3 Å². The fraction of sp³-hybridized carbons (Fsp3) is 0.423. The molecular formula is C26H35NO4. The van der Waals surface area contributed by atoms with Crippen LogP contribution in [0.5, 0.6) is 0 Å². The van der Waals surface area contributed by atoms with Crippen molar-refractivity contribution in [2.75, 3.05) is 26.8 Å². The third kappa shape index (κ3) is 7.23. The van der Waals surface area contributed by atoms with Crippen molar-refractivity contribution < 1.29 is 19.1 Å². The van der Waals surface area contributed by atoms with Gasteiger partial charge in [-0.3, -0.25) is 9.69 Å². The zero-order valence-electron chi connectivity index (χ0n) is 19.1. The molecule has 1 fully saturated rings. The molecule has 3 aromatic rings. The first kappa shape index (κ1) is 24.6. The topological polar surface area (TPSA) is 62.9 Å². The lowest BCUT2D eigenvalue weighted by Gasteiger charge is -2.36. The minimum atomic E-state index is -0.693. The number of hydrogen-bond donors (Lipinski definition) is 1. The minimum absolute atomic E-state index is 0.204. The summed E-state index contributed by atoms with van der Waals surface area (Å²) >= 11 is 0. The van der Waals surface area contributed by atoms with Gasteiger partial charge in [0.25, 0.3) is 0 Å². The molecular weight excluding hydrogens is 390 g/mol. The number of unbranched alkanes of at least 4 members (excludes halogenated alkanes) is 1. The van der Waals surface area contributed by atoms with Crippen LogP contribution in [0.2, 0.25) is 0 Å². The van der Waals surface area contributed by atoms with Crippen molar-refractivity contribution in [1.82, 2.24) is 4.90 Å². The average Bonchev–Trinajstić information content (AvgIpc) is 3.21. The zero-order valence-corrected chi connectivity index (χ0v) is 19.1. The van der Waals surface area contributed by atoms with Gasteiger partial charge in [0.15, 0.2) is 0 Å². The van der Waals surface area contributed by atoms with E-state index in [2.05, 4.69) is 42.2 Å². The summed E-state index contributed by atoms with van der Waals surface area (Å²) in [4.78, 5) is 13.0. The number of carboxylic acids is 1. The first-order valence-corrected chi connectivity index (χ1v) is 11.1. The van der Waals surface area contributed by atoms with Crippen molar-refractivity contribution in [3.05, 3.63) is 60.2 Å². The molecule has 31 heavy (non-hydrogen) atoms. The van der Waals surface area contributed by atoms with Crippen molar-refractivity contribution >= 4 is 16.9 Å². The number of fused-ring (bicyclic) bond motifs is 1. The Morgan fingerprint density at radius 2 is 1.81 bits per heavy atom. The Hall–Kier alpha value is -2.63. The molecule has 5 nitrogen and oxygen atoms in total. The highest BCUT2D eigenvalue weighted by atomic mass is 16.5. The number of aliphatic carboxylic acids is 1. The monoisotopic (exact) mass is 425 g/mol. The van der Waals surface area contributed by atoms with E-state index in [1.54, 1.807) is 7.11 Å². The molecule has 0 spiro atoms. The molecule has 0 bridgehead atoms. The smallest absolute Gasteiger partial charge is 0.309 e. The number of hydrogen-bond acceptors (Lipinski definition) is 4. The molecule has 1 N–H and O–H groups in total. The summed E-state index contributed by atoms with van der Waals surface area (Å²) in [5.74, 6) is -0.0288. The Bertz CT molecular complexity index is 874. The summed E-state index contributed by atoms with van der Waals surface area (Å²) < 4.78 is 10.7. The van der Waals surface area contributed by atoms with Crippen LogP contribution in [0.15, 0.2) is 59.0 Å². The molecule has 0 saturated carbocycles. The summed E-state index contributed by atoms with van der Waals surface area (Å²) in [7, 11) is 1.73. The number of furan rings is 1. The molecule has 168 valence electrons. The highest BCUT2D eigenvalue weighted by molar-refractivity contribution is 5.82. The summed E-state index contributed by atoms with van der Waals surface area (Å²) in [5.41, 5.74) is 3.14. The molecule has 1 aliphatic heterocycles. The van der Waals surface area contributed by atoms with Crippen molar-refractivity contribution in [3.8, 4) is 11.3 Å². The second-order valence-corrected chi connectivity index (χ2v) is 7.42. The molecule has 1 aliphatic rings. The standard InChI is InChI=1S/C19H17NO3.C5H12O.C2H6/c21-19(22)16-11-20(12-16)10-13-5-7-14(8-6-13)18-9-15-3-1-2-4-17(15)23-18;1-3-4-5-6-2;1-2/h1-9,16H,10-12H2,(H,21,22);3-5H2,1-2H3;1-2H3. The maximum absolute atomic E-state index is 10.8. The van der Waals surface area contributed by atoms with E-state index in [1.165, 1.54) is 18.4 Å². The van der Waals surface area contributed by atoms with Gasteiger partial charge in [-0.1, -0.05) is 69.7 Å². The predicted molar refractivity (Wildman–Crippen MR) is 126 cm³/mol. The van der Waals surface area contributed by atoms with Gasteiger partial charge in [0, 0.05) is 44.3 Å². The van der Waals surface area contributed by atoms with Crippen LogP contribution in [0.4, 0.5) is 0 Å². The number of likely N-dealkylation sites (tertiary alicyclic amines) is 1. The predicted octanol–water partition coefficient (Wildman–Crippen LogP) is 6.08. The van der Waals surface area contributed by atoms with Crippen molar-refractivity contribution in [2.45, 2.75) is 40.2 Å². The zero-order chi connectivity index (χ0) is 22.6. The normalized spacial score (nSPS) is 13.5. The van der Waals surface area contributed by atoms with E-state index in [9.17, 15) is 4.79 Å². The van der Waals surface area contributed by atoms with Crippen LogP contribution in [0, 0.1) is 5.92 Å². The van der Waals surface area contributed by atoms with Crippen molar-refractivity contribution in [1.29, 1.82) is 0 Å². The number of methoxy groups -OCH3 is 1. The molecule has 0 aliphatic carbocycles. The van der Waals surface area contributed by atoms with E-state index in [4.69, 9.17) is 14.3 Å². The molecule has 4 rings (SSSR count). The molecule has 2 heterocycles. The van der Waals surface area contributed by atoms with Crippen LogP contribution >= 0.6 is 0 Å². The van der Waals surface area contributed by atoms with Gasteiger partial charge >= 0.3 is 5.97 Å². The Morgan fingerprint density at radius 1 is 1.13 bits per heavy atom. The molecule has 5 heteroatoms. The van der Waals surface area contributed by atoms with E-state index >= 15 is 0 Å². The maximum Gasteiger partial charge on any atom is 0.309 e. The highest BCUT2D eigenvalue weighted by Gasteiger charge is 2.32. The van der Waals surface area contributed by atoms with Crippen LogP contribution < -0.4 is 0 Å². The van der Waals surface area contributed by atoms with Gasteiger partial charge < -0.3 is 14.3 Å². The second kappa shape index (κ2) is 12.9. The summed E-state index contributed by atoms with van der Waals surface area (Å²) in [6.07, 6.45) is 2.42. The number of nitrogens with zero attached hydrogens (tertiary/aromatic N) is 1. The SMILES string of the molecule is CC.CCCCOC.O=C(O)C1CN(Cc2ccc(-c3cc4ccccc4o3)cc2)C1. The molecule has 0 unspecified atom stereocenters. The van der Waals surface area contributed by atoms with Crippen LogP contribution in [0.3, 0.4) is 0 Å². The maximum atomic E-state index is 10.8. The first-order chi connectivity index (χ1) is 15.1. The quantitative estimate of drug-likeness (QED) is 0.465. The molecule has 1 aromatic heterocycles. The number of para-hydroxylation sites is 1. The largest absolute Gasteiger partial charge is 0.481 e. The lowest BCUT2D eigenvalue weighted by Crippen LogP contribution is -2.49. The Balaban J connectivity index is 0.000000372. The summed E-state index contributed by atoms with van der Waals surface area (Å²) in [6, 6.07) is 18.3. The Kier molecular flexibility index (Phi) is 10.3. The van der Waals surface area contributed by atoms with Gasteiger partial charge in [-0.05, 0) is 24.1 Å². The molecule has 0 radical (unpaired) electrons. The van der Waals surface area contributed by atoms with E-state index < -0.39 is 5.97 Å². The van der Waals surface area contributed by atoms with E-state index in [0.29, 0.717) is 13.1 Å². The van der Waals surface area contributed by atoms with Crippen molar-refractivity contribution in [2.24, 2.45) is 5.92 Å². The number of carboxylic acid groups (broad SMARTS) is 1. The third-order valence-electron chi connectivity index (χ3n) is 5.08. The van der Waals surface area contributed by atoms with Gasteiger partial charge in [0.05, 0.1) is 5.92 Å². The van der Waals surface area contributed by atoms with Crippen LogP contribution in [-0.2, 0) is 16.1 Å². The van der Waals surface area contributed by atoms with Gasteiger partial charge in [0.2, 0.25) is 0 Å². The van der Waals surface area contributed by atoms with Gasteiger partial charge in [-0.2, -0.15) is 0 Å². The van der Waals surface area contributed by atoms with E-state index in [-0.39, 0.29) is 5.92 Å². The lowest BCUT2D eigenvalue weighted by molar-refractivity contribution is -0.147. The fourth-order valence-corrected chi connectivity index (χ4v) is 3.30. The Labute approximate surface area is 185 Å². The summed E-state index contributed by atoms with van der Waals surface area (Å²) in [6.45, 7) is 9.14. The molecule has 0 amide bonds. The average molecular weight is 426 g/mol. The summed E-state index contributed by atoms with van der Waals surface area (Å²) in [5, 5.41) is 10.0. The number of rotatable bonds is 7.